The van der Waals surface area contributed by atoms with E-state index >= 15 is 0 Å². The van der Waals surface area contributed by atoms with Crippen LogP contribution in [0, 0.1) is 0 Å². The van der Waals surface area contributed by atoms with Gasteiger partial charge in [0.25, 0.3) is 0 Å². The third-order valence-electron chi connectivity index (χ3n) is 4.84. The first-order valence-electron chi connectivity index (χ1n) is 9.84. The second-order valence-electron chi connectivity index (χ2n) is 7.11. The van der Waals surface area contributed by atoms with Gasteiger partial charge in [0.1, 0.15) is 5.76 Å². The van der Waals surface area contributed by atoms with Crippen LogP contribution in [0.25, 0.3) is 0 Å². The maximum atomic E-state index is 12.6. The van der Waals surface area contributed by atoms with Crippen molar-refractivity contribution in [3.63, 3.8) is 0 Å². The Kier molecular flexibility index (Phi) is 6.18. The van der Waals surface area contributed by atoms with Crippen LogP contribution in [0.5, 0.6) is 0 Å². The Morgan fingerprint density at radius 3 is 2.57 bits per heavy atom. The highest BCUT2D eigenvalue weighted by atomic mass is 32.2. The Labute approximate surface area is 178 Å². The van der Waals surface area contributed by atoms with Gasteiger partial charge in [0.05, 0.1) is 18.6 Å². The van der Waals surface area contributed by atoms with Gasteiger partial charge in [-0.1, -0.05) is 11.8 Å². The van der Waals surface area contributed by atoms with Crippen molar-refractivity contribution in [3.05, 3.63) is 54.0 Å². The van der Waals surface area contributed by atoms with Gasteiger partial charge >= 0.3 is 0 Å². The number of ketones is 1. The third kappa shape index (κ3) is 4.73. The average Bonchev–Trinajstić information content (AvgIpc) is 3.49. The molecule has 8 nitrogen and oxygen atoms in total. The molecule has 1 aliphatic heterocycles. The number of benzene rings is 1. The minimum atomic E-state index is -0.144. The number of amides is 1. The highest BCUT2D eigenvalue weighted by Crippen LogP contribution is 2.26. The fourth-order valence-corrected chi connectivity index (χ4v) is 4.22. The maximum Gasteiger partial charge on any atom is 0.228 e. The molecular weight excluding hydrogens is 402 g/mol. The molecular formula is C21H23N5O3S. The van der Waals surface area contributed by atoms with Gasteiger partial charge in [0.15, 0.2) is 10.9 Å². The monoisotopic (exact) mass is 425 g/mol. The summed E-state index contributed by atoms with van der Waals surface area (Å²) in [7, 11) is 0. The van der Waals surface area contributed by atoms with Crippen LogP contribution in [-0.4, -0.2) is 45.3 Å². The third-order valence-corrected chi connectivity index (χ3v) is 5.81. The molecule has 9 heteroatoms. The lowest BCUT2D eigenvalue weighted by molar-refractivity contribution is -0.114. The second-order valence-corrected chi connectivity index (χ2v) is 8.06. The van der Waals surface area contributed by atoms with Crippen molar-refractivity contribution in [2.75, 3.05) is 29.1 Å². The quantitative estimate of drug-likeness (QED) is 0.436. The Balaban J connectivity index is 1.47. The van der Waals surface area contributed by atoms with E-state index in [1.165, 1.54) is 18.7 Å². The molecule has 3 heterocycles. The number of rotatable bonds is 8. The summed E-state index contributed by atoms with van der Waals surface area (Å²) >= 11 is 1.37. The van der Waals surface area contributed by atoms with E-state index in [2.05, 4.69) is 20.4 Å². The Hall–Kier alpha value is -3.07. The molecule has 1 fully saturated rings. The Morgan fingerprint density at radius 1 is 1.13 bits per heavy atom. The van der Waals surface area contributed by atoms with Crippen LogP contribution in [0.2, 0.25) is 0 Å². The molecule has 0 aliphatic carbocycles. The van der Waals surface area contributed by atoms with Gasteiger partial charge in [0.2, 0.25) is 11.9 Å². The van der Waals surface area contributed by atoms with Gasteiger partial charge in [-0.3, -0.25) is 14.2 Å². The number of thioether (sulfide) groups is 1. The van der Waals surface area contributed by atoms with E-state index in [0.717, 1.165) is 37.6 Å². The Morgan fingerprint density at radius 2 is 1.90 bits per heavy atom. The Bertz CT molecular complexity index is 1010. The summed E-state index contributed by atoms with van der Waals surface area (Å²) in [6.07, 6.45) is 3.93. The summed E-state index contributed by atoms with van der Waals surface area (Å²) in [5.41, 5.74) is 1.26. The predicted octanol–water partition coefficient (Wildman–Crippen LogP) is 3.45. The van der Waals surface area contributed by atoms with Crippen LogP contribution in [0.15, 0.2) is 52.2 Å². The number of nitrogens with zero attached hydrogens (tertiary/aromatic N) is 4. The minimum Gasteiger partial charge on any atom is -0.467 e. The average molecular weight is 426 g/mol. The normalized spacial score (nSPS) is 13.6. The van der Waals surface area contributed by atoms with E-state index < -0.39 is 0 Å². The highest BCUT2D eigenvalue weighted by Gasteiger charge is 2.22. The number of aromatic nitrogens is 3. The molecule has 0 bridgehead atoms. The van der Waals surface area contributed by atoms with Gasteiger partial charge in [-0.2, -0.15) is 0 Å². The molecule has 156 valence electrons. The van der Waals surface area contributed by atoms with Crippen molar-refractivity contribution in [2.24, 2.45) is 0 Å². The highest BCUT2D eigenvalue weighted by molar-refractivity contribution is 7.99. The van der Waals surface area contributed by atoms with E-state index in [1.54, 1.807) is 30.5 Å². The van der Waals surface area contributed by atoms with Crippen LogP contribution >= 0.6 is 11.8 Å². The van der Waals surface area contributed by atoms with E-state index in [-0.39, 0.29) is 17.4 Å². The molecule has 1 aliphatic rings. The summed E-state index contributed by atoms with van der Waals surface area (Å²) in [6.45, 7) is 3.89. The summed E-state index contributed by atoms with van der Waals surface area (Å²) in [5, 5.41) is 12.1. The second kappa shape index (κ2) is 9.17. The largest absolute Gasteiger partial charge is 0.467 e. The zero-order valence-corrected chi connectivity index (χ0v) is 17.5. The number of carbonyl (C=O) groups is 2. The van der Waals surface area contributed by atoms with Crippen molar-refractivity contribution < 1.29 is 14.0 Å². The van der Waals surface area contributed by atoms with Crippen LogP contribution in [0.4, 0.5) is 11.6 Å². The molecule has 0 saturated carbocycles. The molecule has 1 N–H and O–H groups in total. The zero-order chi connectivity index (χ0) is 20.9. The van der Waals surface area contributed by atoms with Crippen LogP contribution < -0.4 is 10.2 Å². The SMILES string of the molecule is CC(=O)Nc1ccc(C(=O)CSc2nnc(N3CCCC3)n2Cc2ccco2)cc1. The predicted molar refractivity (Wildman–Crippen MR) is 115 cm³/mol. The first-order chi connectivity index (χ1) is 14.6. The molecule has 4 rings (SSSR count). The van der Waals surface area contributed by atoms with Crippen molar-refractivity contribution >= 4 is 35.1 Å². The van der Waals surface area contributed by atoms with Gasteiger partial charge in [-0.05, 0) is 49.2 Å². The fraction of sp³-hybridized carbons (Fsp3) is 0.333. The van der Waals surface area contributed by atoms with Gasteiger partial charge < -0.3 is 14.6 Å². The number of hydrogen-bond donors (Lipinski definition) is 1. The number of Topliss-reactive ketones (excluding diaryl/α,β-unsaturated/α-hetero) is 1. The molecule has 0 spiro atoms. The smallest absolute Gasteiger partial charge is 0.228 e. The number of furan rings is 1. The topological polar surface area (TPSA) is 93.3 Å². The summed E-state index contributed by atoms with van der Waals surface area (Å²) in [5.74, 6) is 1.73. The van der Waals surface area contributed by atoms with E-state index in [1.807, 2.05) is 16.7 Å². The molecule has 0 atom stereocenters. The van der Waals surface area contributed by atoms with Crippen LogP contribution in [0.3, 0.4) is 0 Å². The molecule has 3 aromatic rings. The van der Waals surface area contributed by atoms with Crippen molar-refractivity contribution in [1.82, 2.24) is 14.8 Å². The van der Waals surface area contributed by atoms with Gasteiger partial charge in [-0.25, -0.2) is 0 Å². The van der Waals surface area contributed by atoms with E-state index in [9.17, 15) is 9.59 Å². The molecule has 2 aromatic heterocycles. The van der Waals surface area contributed by atoms with Crippen molar-refractivity contribution in [3.8, 4) is 0 Å². The summed E-state index contributed by atoms with van der Waals surface area (Å²) in [4.78, 5) is 26.0. The fourth-order valence-electron chi connectivity index (χ4n) is 3.39. The lowest BCUT2D eigenvalue weighted by Crippen LogP contribution is -2.22. The molecule has 0 unspecified atom stereocenters. The van der Waals surface area contributed by atoms with Crippen molar-refractivity contribution in [1.29, 1.82) is 0 Å². The number of anilines is 2. The number of nitrogens with one attached hydrogen (secondary N) is 1. The number of carbonyl (C=O) groups excluding carboxylic acids is 2. The maximum absolute atomic E-state index is 12.6. The van der Waals surface area contributed by atoms with Crippen LogP contribution in [-0.2, 0) is 11.3 Å². The zero-order valence-electron chi connectivity index (χ0n) is 16.7. The first-order valence-corrected chi connectivity index (χ1v) is 10.8. The minimum absolute atomic E-state index is 0.00959. The lowest BCUT2D eigenvalue weighted by Gasteiger charge is -2.17. The first kappa shape index (κ1) is 20.2. The van der Waals surface area contributed by atoms with Gasteiger partial charge in [-0.15, -0.1) is 10.2 Å². The van der Waals surface area contributed by atoms with Crippen molar-refractivity contribution in [2.45, 2.75) is 31.5 Å². The molecule has 1 saturated heterocycles. The van der Waals surface area contributed by atoms with E-state index in [0.29, 0.717) is 23.0 Å². The molecule has 1 aromatic carbocycles. The summed E-state index contributed by atoms with van der Waals surface area (Å²) < 4.78 is 7.53. The molecule has 0 radical (unpaired) electrons. The molecule has 30 heavy (non-hydrogen) atoms. The lowest BCUT2D eigenvalue weighted by atomic mass is 10.1. The van der Waals surface area contributed by atoms with Gasteiger partial charge in [0, 0.05) is 31.3 Å². The van der Waals surface area contributed by atoms with E-state index in [4.69, 9.17) is 4.42 Å². The molecule has 1 amide bonds. The summed E-state index contributed by atoms with van der Waals surface area (Å²) in [6, 6.07) is 10.7. The van der Waals surface area contributed by atoms with Crippen LogP contribution in [0.1, 0.15) is 35.9 Å². The standard InChI is InChI=1S/C21H23N5O3S/c1-15(27)22-17-8-6-16(7-9-17)19(28)14-30-21-24-23-20(25-10-2-3-11-25)26(21)13-18-5-4-12-29-18/h4-9,12H,2-3,10-11,13-14H2,1H3,(H,22,27). The number of hydrogen-bond acceptors (Lipinski definition) is 7.